The number of amides is 1. The minimum Gasteiger partial charge on any atom is -0.365 e. The van der Waals surface area contributed by atoms with Gasteiger partial charge >= 0.3 is 0 Å². The van der Waals surface area contributed by atoms with Gasteiger partial charge < -0.3 is 14.5 Å². The fraction of sp³-hybridized carbons (Fsp3) is 0.379. The van der Waals surface area contributed by atoms with Crippen LogP contribution in [0.25, 0.3) is 0 Å². The van der Waals surface area contributed by atoms with Crippen molar-refractivity contribution in [3.05, 3.63) is 99.3 Å². The van der Waals surface area contributed by atoms with E-state index in [2.05, 4.69) is 34.1 Å². The Bertz CT molecular complexity index is 1210. The molecule has 0 N–H and O–H groups in total. The van der Waals surface area contributed by atoms with Gasteiger partial charge in [-0.05, 0) is 66.8 Å². The number of ether oxygens (including phenoxy) is 1. The maximum atomic E-state index is 13.0. The molecule has 1 spiro atoms. The molecule has 0 unspecified atom stereocenters. The summed E-state index contributed by atoms with van der Waals surface area (Å²) in [5, 5.41) is 1.07. The number of halogens is 2. The number of rotatable bonds is 7. The van der Waals surface area contributed by atoms with E-state index in [1.54, 1.807) is 17.2 Å². The summed E-state index contributed by atoms with van der Waals surface area (Å²) >= 11 is 12.6. The monoisotopic (exact) mass is 523 g/mol. The molecule has 0 bridgehead atoms. The number of pyridine rings is 1. The summed E-state index contributed by atoms with van der Waals surface area (Å²) in [6, 6.07) is 19.8. The van der Waals surface area contributed by atoms with Crippen molar-refractivity contribution in [2.24, 2.45) is 0 Å². The van der Waals surface area contributed by atoms with Gasteiger partial charge in [0, 0.05) is 38.8 Å². The Morgan fingerprint density at radius 1 is 1.08 bits per heavy atom. The Hall–Kier alpha value is -2.44. The molecule has 5 nitrogen and oxygen atoms in total. The fourth-order valence-corrected chi connectivity index (χ4v) is 5.81. The molecule has 1 fully saturated rings. The van der Waals surface area contributed by atoms with E-state index in [0.717, 1.165) is 44.5 Å². The van der Waals surface area contributed by atoms with Crippen molar-refractivity contribution in [2.75, 3.05) is 33.2 Å². The molecular formula is C29H31Cl2N3O2. The second kappa shape index (κ2) is 10.9. The lowest BCUT2D eigenvalue weighted by Gasteiger charge is -2.39. The Balaban J connectivity index is 1.25. The molecule has 0 radical (unpaired) electrons. The Kier molecular flexibility index (Phi) is 7.63. The Morgan fingerprint density at radius 2 is 1.86 bits per heavy atom. The van der Waals surface area contributed by atoms with Crippen molar-refractivity contribution < 1.29 is 9.53 Å². The molecule has 0 aliphatic carbocycles. The van der Waals surface area contributed by atoms with E-state index in [1.165, 1.54) is 11.1 Å². The summed E-state index contributed by atoms with van der Waals surface area (Å²) in [4.78, 5) is 21.5. The van der Waals surface area contributed by atoms with Crippen LogP contribution in [0, 0.1) is 0 Å². The summed E-state index contributed by atoms with van der Waals surface area (Å²) < 4.78 is 6.34. The molecule has 2 aliphatic rings. The van der Waals surface area contributed by atoms with Crippen LogP contribution < -0.4 is 0 Å². The Labute approximate surface area is 223 Å². The molecule has 0 saturated carbocycles. The minimum atomic E-state index is -0.133. The summed E-state index contributed by atoms with van der Waals surface area (Å²) in [5.74, 6) is 0.0365. The lowest BCUT2D eigenvalue weighted by molar-refractivity contribution is -0.0790. The number of likely N-dealkylation sites (tertiary alicyclic amines) is 1. The number of nitrogens with zero attached hydrogens (tertiary/aromatic N) is 3. The second-order valence-corrected chi connectivity index (χ2v) is 10.7. The number of likely N-dealkylation sites (N-methyl/N-ethyl adjacent to an activating group) is 1. The largest absolute Gasteiger partial charge is 0.365 e. The number of hydrogen-bond donors (Lipinski definition) is 0. The third kappa shape index (κ3) is 5.30. The van der Waals surface area contributed by atoms with Gasteiger partial charge in [0.25, 0.3) is 5.91 Å². The first-order valence-corrected chi connectivity index (χ1v) is 13.3. The highest BCUT2D eigenvalue weighted by molar-refractivity contribution is 6.42. The molecule has 1 aromatic heterocycles. The van der Waals surface area contributed by atoms with Gasteiger partial charge in [0.2, 0.25) is 0 Å². The number of hydrogen-bond acceptors (Lipinski definition) is 4. The number of carbonyl (C=O) groups excluding carboxylic acids is 1. The molecule has 188 valence electrons. The predicted octanol–water partition coefficient (Wildman–Crippen LogP) is 6.16. The first kappa shape index (κ1) is 25.2. The highest BCUT2D eigenvalue weighted by atomic mass is 35.5. The van der Waals surface area contributed by atoms with Crippen LogP contribution in [0.3, 0.4) is 0 Å². The lowest BCUT2D eigenvalue weighted by atomic mass is 9.83. The number of carbonyl (C=O) groups is 1. The van der Waals surface area contributed by atoms with E-state index in [-0.39, 0.29) is 17.4 Å². The van der Waals surface area contributed by atoms with E-state index < -0.39 is 0 Å². The summed E-state index contributed by atoms with van der Waals surface area (Å²) in [6.45, 7) is 4.21. The average molecular weight is 524 g/mol. The highest BCUT2D eigenvalue weighted by Crippen LogP contribution is 2.44. The average Bonchev–Trinajstić information content (AvgIpc) is 3.27. The van der Waals surface area contributed by atoms with Crippen LogP contribution in [-0.2, 0) is 16.9 Å². The van der Waals surface area contributed by atoms with Crippen molar-refractivity contribution in [3.63, 3.8) is 0 Å². The summed E-state index contributed by atoms with van der Waals surface area (Å²) in [6.07, 6.45) is 4.55. The number of fused-ring (bicyclic) bond motifs is 2. The normalized spacial score (nSPS) is 17.6. The third-order valence-corrected chi connectivity index (χ3v) is 8.35. The maximum Gasteiger partial charge on any atom is 0.272 e. The van der Waals surface area contributed by atoms with Crippen LogP contribution in [0.15, 0.2) is 66.9 Å². The van der Waals surface area contributed by atoms with Crippen molar-refractivity contribution >= 4 is 29.1 Å². The van der Waals surface area contributed by atoms with Gasteiger partial charge in [-0.15, -0.1) is 0 Å². The molecule has 5 rings (SSSR count). The molecule has 2 aliphatic heterocycles. The number of piperidine rings is 1. The van der Waals surface area contributed by atoms with Crippen molar-refractivity contribution in [3.8, 4) is 0 Å². The molecule has 1 atom stereocenters. The van der Waals surface area contributed by atoms with E-state index in [1.807, 2.05) is 37.4 Å². The van der Waals surface area contributed by atoms with Crippen LogP contribution in [-0.4, -0.2) is 53.9 Å². The molecular weight excluding hydrogens is 493 g/mol. The zero-order valence-electron chi connectivity index (χ0n) is 20.5. The van der Waals surface area contributed by atoms with E-state index >= 15 is 0 Å². The first-order valence-electron chi connectivity index (χ1n) is 12.5. The SMILES string of the molecule is CN(C[C@H](CCN1CCC2(CC1)OCc1ccccc12)c1ccc(Cl)c(Cl)c1)C(=O)c1ccccn1. The molecule has 1 amide bonds. The topological polar surface area (TPSA) is 45.7 Å². The number of benzene rings is 2. The quantitative estimate of drug-likeness (QED) is 0.372. The highest BCUT2D eigenvalue weighted by Gasteiger charge is 2.42. The molecule has 3 aromatic rings. The predicted molar refractivity (Wildman–Crippen MR) is 144 cm³/mol. The van der Waals surface area contributed by atoms with E-state index in [4.69, 9.17) is 27.9 Å². The zero-order chi connectivity index (χ0) is 25.1. The second-order valence-electron chi connectivity index (χ2n) is 9.84. The van der Waals surface area contributed by atoms with Crippen molar-refractivity contribution in [1.82, 2.24) is 14.8 Å². The van der Waals surface area contributed by atoms with Crippen LogP contribution in [0.5, 0.6) is 0 Å². The smallest absolute Gasteiger partial charge is 0.272 e. The zero-order valence-corrected chi connectivity index (χ0v) is 22.0. The molecule has 2 aromatic carbocycles. The molecule has 1 saturated heterocycles. The van der Waals surface area contributed by atoms with Crippen LogP contribution in [0.1, 0.15) is 52.4 Å². The van der Waals surface area contributed by atoms with Crippen LogP contribution in [0.4, 0.5) is 0 Å². The maximum absolute atomic E-state index is 13.0. The molecule has 3 heterocycles. The van der Waals surface area contributed by atoms with Gasteiger partial charge in [-0.2, -0.15) is 0 Å². The lowest BCUT2D eigenvalue weighted by Crippen LogP contribution is -2.43. The van der Waals surface area contributed by atoms with Gasteiger partial charge in [0.05, 0.1) is 22.3 Å². The molecule has 36 heavy (non-hydrogen) atoms. The van der Waals surface area contributed by atoms with Gasteiger partial charge in [-0.25, -0.2) is 0 Å². The summed E-state index contributed by atoms with van der Waals surface area (Å²) in [7, 11) is 1.83. The standard InChI is InChI=1S/C29H31Cl2N3O2/c1-33(28(35)27-8-4-5-14-32-27)19-22(21-9-10-25(30)26(31)18-21)11-15-34-16-12-29(13-17-34)24-7-3-2-6-23(24)20-36-29/h2-10,14,18,22H,11-13,15-17,19-20H2,1H3/t22-/m0/s1. The third-order valence-electron chi connectivity index (χ3n) is 7.61. The van der Waals surface area contributed by atoms with Gasteiger partial charge in [-0.1, -0.05) is 59.6 Å². The van der Waals surface area contributed by atoms with Crippen LogP contribution in [0.2, 0.25) is 10.0 Å². The minimum absolute atomic E-state index is 0.0855. The van der Waals surface area contributed by atoms with Gasteiger partial charge in [0.15, 0.2) is 0 Å². The Morgan fingerprint density at radius 3 is 2.61 bits per heavy atom. The van der Waals surface area contributed by atoms with E-state index in [0.29, 0.717) is 28.9 Å². The van der Waals surface area contributed by atoms with Gasteiger partial charge in [-0.3, -0.25) is 9.78 Å². The first-order chi connectivity index (χ1) is 17.4. The van der Waals surface area contributed by atoms with Crippen LogP contribution >= 0.6 is 23.2 Å². The number of aromatic nitrogens is 1. The fourth-order valence-electron chi connectivity index (χ4n) is 5.50. The summed E-state index contributed by atoms with van der Waals surface area (Å²) in [5.41, 5.74) is 4.10. The van der Waals surface area contributed by atoms with Gasteiger partial charge in [0.1, 0.15) is 5.69 Å². The van der Waals surface area contributed by atoms with Crippen molar-refractivity contribution in [1.29, 1.82) is 0 Å². The molecule has 7 heteroatoms. The van der Waals surface area contributed by atoms with Crippen molar-refractivity contribution in [2.45, 2.75) is 37.4 Å². The van der Waals surface area contributed by atoms with E-state index in [9.17, 15) is 4.79 Å².